The first-order chi connectivity index (χ1) is 8.63. The molecule has 0 radical (unpaired) electrons. The minimum Gasteiger partial charge on any atom is -0.396 e. The summed E-state index contributed by atoms with van der Waals surface area (Å²) in [6.45, 7) is 2.05. The van der Waals surface area contributed by atoms with Crippen LogP contribution < -0.4 is 22.1 Å². The first-order valence-electron chi connectivity index (χ1n) is 5.86. The highest BCUT2D eigenvalue weighted by molar-refractivity contribution is 7.99. The SMILES string of the molecule is CSc1c(NC2CCNCC2)sc(C(N)=O)c1N. The fraction of sp³-hybridized carbons (Fsp3) is 0.545. The number of nitrogens with one attached hydrogen (secondary N) is 2. The number of piperidine rings is 1. The van der Waals surface area contributed by atoms with Crippen molar-refractivity contribution in [3.63, 3.8) is 0 Å². The van der Waals surface area contributed by atoms with Crippen LogP contribution in [0.5, 0.6) is 0 Å². The number of carbonyl (C=O) groups excluding carboxylic acids is 1. The molecule has 0 spiro atoms. The van der Waals surface area contributed by atoms with E-state index in [-0.39, 0.29) is 0 Å². The Bertz CT molecular complexity index is 440. The molecule has 1 aliphatic rings. The van der Waals surface area contributed by atoms with Crippen LogP contribution in [0, 0.1) is 0 Å². The number of anilines is 2. The zero-order valence-electron chi connectivity index (χ0n) is 10.3. The van der Waals surface area contributed by atoms with Crippen LogP contribution in [-0.2, 0) is 0 Å². The highest BCUT2D eigenvalue weighted by atomic mass is 32.2. The maximum Gasteiger partial charge on any atom is 0.261 e. The summed E-state index contributed by atoms with van der Waals surface area (Å²) in [5.74, 6) is -0.453. The average Bonchev–Trinajstić information content (AvgIpc) is 2.67. The Morgan fingerprint density at radius 3 is 2.72 bits per heavy atom. The van der Waals surface area contributed by atoms with Gasteiger partial charge in [-0.3, -0.25) is 4.79 Å². The van der Waals surface area contributed by atoms with Crippen LogP contribution in [0.4, 0.5) is 10.7 Å². The molecular formula is C11H18N4OS2. The van der Waals surface area contributed by atoms with Crippen molar-refractivity contribution in [2.45, 2.75) is 23.8 Å². The van der Waals surface area contributed by atoms with Crippen molar-refractivity contribution in [3.8, 4) is 0 Å². The Morgan fingerprint density at radius 2 is 2.17 bits per heavy atom. The van der Waals surface area contributed by atoms with Gasteiger partial charge in [0.05, 0.1) is 10.6 Å². The number of hydrogen-bond acceptors (Lipinski definition) is 6. The zero-order valence-corrected chi connectivity index (χ0v) is 11.9. The van der Waals surface area contributed by atoms with Crippen LogP contribution in [-0.4, -0.2) is 31.3 Å². The van der Waals surface area contributed by atoms with E-state index in [1.165, 1.54) is 11.3 Å². The van der Waals surface area contributed by atoms with Crippen molar-refractivity contribution in [2.75, 3.05) is 30.4 Å². The van der Waals surface area contributed by atoms with Gasteiger partial charge in [0, 0.05) is 6.04 Å². The van der Waals surface area contributed by atoms with Gasteiger partial charge < -0.3 is 22.1 Å². The lowest BCUT2D eigenvalue weighted by atomic mass is 10.1. The van der Waals surface area contributed by atoms with Crippen LogP contribution in [0.2, 0.25) is 0 Å². The molecule has 2 rings (SSSR count). The van der Waals surface area contributed by atoms with E-state index in [1.807, 2.05) is 6.26 Å². The second kappa shape index (κ2) is 5.81. The maximum atomic E-state index is 11.3. The summed E-state index contributed by atoms with van der Waals surface area (Å²) in [4.78, 5) is 12.7. The molecule has 1 aromatic heterocycles. The zero-order chi connectivity index (χ0) is 13.1. The van der Waals surface area contributed by atoms with E-state index in [2.05, 4.69) is 10.6 Å². The summed E-state index contributed by atoms with van der Waals surface area (Å²) >= 11 is 2.91. The molecule has 2 heterocycles. The highest BCUT2D eigenvalue weighted by Crippen LogP contribution is 2.42. The molecule has 7 heteroatoms. The summed E-state index contributed by atoms with van der Waals surface area (Å²) in [6, 6.07) is 0.441. The molecule has 0 aromatic carbocycles. The van der Waals surface area contributed by atoms with E-state index >= 15 is 0 Å². The van der Waals surface area contributed by atoms with Gasteiger partial charge in [0.25, 0.3) is 5.91 Å². The number of nitrogens with two attached hydrogens (primary N) is 2. The number of carbonyl (C=O) groups is 1. The summed E-state index contributed by atoms with van der Waals surface area (Å²) in [5.41, 5.74) is 11.8. The molecule has 100 valence electrons. The number of hydrogen-bond donors (Lipinski definition) is 4. The van der Waals surface area contributed by atoms with E-state index in [9.17, 15) is 4.79 Å². The molecule has 0 bridgehead atoms. The monoisotopic (exact) mass is 286 g/mol. The van der Waals surface area contributed by atoms with E-state index in [1.54, 1.807) is 11.8 Å². The van der Waals surface area contributed by atoms with Crippen LogP contribution >= 0.6 is 23.1 Å². The number of thioether (sulfide) groups is 1. The molecule has 1 fully saturated rings. The second-order valence-corrected chi connectivity index (χ2v) is 6.08. The highest BCUT2D eigenvalue weighted by Gasteiger charge is 2.21. The minimum atomic E-state index is -0.453. The van der Waals surface area contributed by atoms with Crippen molar-refractivity contribution in [1.82, 2.24) is 5.32 Å². The molecule has 0 atom stereocenters. The topological polar surface area (TPSA) is 93.2 Å². The average molecular weight is 286 g/mol. The molecule has 1 amide bonds. The predicted octanol–water partition coefficient (Wildman–Crippen LogP) is 1.31. The Hall–Kier alpha value is -0.920. The van der Waals surface area contributed by atoms with Crippen LogP contribution in [0.3, 0.4) is 0 Å². The van der Waals surface area contributed by atoms with Crippen LogP contribution in [0.25, 0.3) is 0 Å². The van der Waals surface area contributed by atoms with Gasteiger partial charge in [-0.25, -0.2) is 0 Å². The van der Waals surface area contributed by atoms with Crippen molar-refractivity contribution in [3.05, 3.63) is 4.88 Å². The molecule has 1 aromatic rings. The molecule has 0 unspecified atom stereocenters. The molecule has 6 N–H and O–H groups in total. The summed E-state index contributed by atoms with van der Waals surface area (Å²) in [7, 11) is 0. The van der Waals surface area contributed by atoms with E-state index in [0.29, 0.717) is 16.6 Å². The first kappa shape index (κ1) is 13.5. The molecular weight excluding hydrogens is 268 g/mol. The second-order valence-electron chi connectivity index (χ2n) is 4.24. The summed E-state index contributed by atoms with van der Waals surface area (Å²) in [5, 5.41) is 7.78. The molecule has 5 nitrogen and oxygen atoms in total. The fourth-order valence-corrected chi connectivity index (χ4v) is 4.01. The lowest BCUT2D eigenvalue weighted by molar-refractivity contribution is 0.100. The van der Waals surface area contributed by atoms with Gasteiger partial charge in [0.15, 0.2) is 0 Å². The number of thiophene rings is 1. The van der Waals surface area contributed by atoms with Gasteiger partial charge in [-0.05, 0) is 32.2 Å². The molecule has 0 saturated carbocycles. The van der Waals surface area contributed by atoms with Gasteiger partial charge in [-0.2, -0.15) is 0 Å². The molecule has 1 aliphatic heterocycles. The van der Waals surface area contributed by atoms with Gasteiger partial charge >= 0.3 is 0 Å². The Balaban J connectivity index is 2.20. The largest absolute Gasteiger partial charge is 0.396 e. The van der Waals surface area contributed by atoms with Crippen molar-refractivity contribution < 1.29 is 4.79 Å². The van der Waals surface area contributed by atoms with Crippen LogP contribution in [0.1, 0.15) is 22.5 Å². The quantitative estimate of drug-likeness (QED) is 0.626. The minimum absolute atomic E-state index is 0.441. The van der Waals surface area contributed by atoms with Gasteiger partial charge in [0.1, 0.15) is 9.88 Å². The Labute approximate surface area is 115 Å². The van der Waals surface area contributed by atoms with Gasteiger partial charge in [-0.1, -0.05) is 0 Å². The van der Waals surface area contributed by atoms with Crippen molar-refractivity contribution in [2.24, 2.45) is 5.73 Å². The number of amides is 1. The van der Waals surface area contributed by atoms with Crippen LogP contribution in [0.15, 0.2) is 4.90 Å². The predicted molar refractivity (Wildman–Crippen MR) is 78.5 cm³/mol. The summed E-state index contributed by atoms with van der Waals surface area (Å²) in [6.07, 6.45) is 4.12. The van der Waals surface area contributed by atoms with Gasteiger partial charge in [-0.15, -0.1) is 23.1 Å². The lowest BCUT2D eigenvalue weighted by Gasteiger charge is -2.24. The van der Waals surface area contributed by atoms with Crippen molar-refractivity contribution in [1.29, 1.82) is 0 Å². The number of nitrogen functional groups attached to an aromatic ring is 1. The third-order valence-electron chi connectivity index (χ3n) is 3.00. The standard InChI is InChI=1S/C11H18N4OS2/c1-17-9-7(12)8(10(13)16)18-11(9)15-6-2-4-14-5-3-6/h6,14-15H,2-5,12H2,1H3,(H2,13,16). The van der Waals surface area contributed by atoms with E-state index in [4.69, 9.17) is 11.5 Å². The Kier molecular flexibility index (Phi) is 4.36. The third-order valence-corrected chi connectivity index (χ3v) is 5.11. The number of primary amides is 1. The molecule has 1 saturated heterocycles. The van der Waals surface area contributed by atoms with Gasteiger partial charge in [0.2, 0.25) is 0 Å². The molecule has 18 heavy (non-hydrogen) atoms. The fourth-order valence-electron chi connectivity index (χ4n) is 2.06. The smallest absolute Gasteiger partial charge is 0.261 e. The lowest BCUT2D eigenvalue weighted by Crippen LogP contribution is -2.35. The van der Waals surface area contributed by atoms with E-state index < -0.39 is 5.91 Å². The third kappa shape index (κ3) is 2.73. The molecule has 0 aliphatic carbocycles. The van der Waals surface area contributed by atoms with E-state index in [0.717, 1.165) is 35.8 Å². The number of rotatable bonds is 4. The Morgan fingerprint density at radius 1 is 1.50 bits per heavy atom. The first-order valence-corrected chi connectivity index (χ1v) is 7.91. The van der Waals surface area contributed by atoms with Crippen molar-refractivity contribution >= 4 is 39.7 Å². The summed E-state index contributed by atoms with van der Waals surface area (Å²) < 4.78 is 0. The normalized spacial score (nSPS) is 16.7. The maximum absolute atomic E-state index is 11.3.